The molecule has 2 aliphatic heterocycles. The maximum absolute atomic E-state index is 13.3. The summed E-state index contributed by atoms with van der Waals surface area (Å²) in [7, 11) is 0. The molecule has 2 aromatic carbocycles. The monoisotopic (exact) mass is 437 g/mol. The van der Waals surface area contributed by atoms with Crippen LogP contribution in [0.2, 0.25) is 0 Å². The van der Waals surface area contributed by atoms with E-state index in [0.29, 0.717) is 85.3 Å². The summed E-state index contributed by atoms with van der Waals surface area (Å²) >= 11 is 0. The highest BCUT2D eigenvalue weighted by atomic mass is 16.6. The van der Waals surface area contributed by atoms with Gasteiger partial charge in [0, 0.05) is 19.2 Å². The number of ether oxygens (including phenoxy) is 4. The minimum Gasteiger partial charge on any atom is -0.486 e. The van der Waals surface area contributed by atoms with Gasteiger partial charge >= 0.3 is 6.09 Å². The summed E-state index contributed by atoms with van der Waals surface area (Å²) in [5.74, 6) is 1.66. The Labute approximate surface area is 184 Å². The Kier molecular flexibility index (Phi) is 5.45. The molecule has 166 valence electrons. The van der Waals surface area contributed by atoms with Crippen LogP contribution in [0.25, 0.3) is 22.1 Å². The molecule has 5 rings (SSSR count). The van der Waals surface area contributed by atoms with Crippen LogP contribution < -0.4 is 19.6 Å². The van der Waals surface area contributed by atoms with Crippen molar-refractivity contribution in [1.29, 1.82) is 0 Å². The molecule has 0 aliphatic carbocycles. The van der Waals surface area contributed by atoms with E-state index >= 15 is 0 Å². The fourth-order valence-corrected chi connectivity index (χ4v) is 3.89. The van der Waals surface area contributed by atoms with Gasteiger partial charge < -0.3 is 28.3 Å². The molecule has 1 fully saturated rings. The van der Waals surface area contributed by atoms with E-state index < -0.39 is 6.09 Å². The molecule has 3 aromatic rings. The van der Waals surface area contributed by atoms with Crippen LogP contribution >= 0.6 is 0 Å². The summed E-state index contributed by atoms with van der Waals surface area (Å²) in [4.78, 5) is 27.4. The Morgan fingerprint density at radius 2 is 1.81 bits per heavy atom. The standard InChI is InChI=1S/C24H23NO7/c1-2-15-11-17-21(13-20(15)32-24(27)25-5-7-28-8-6-25)31-14-18(23(17)26)16-3-4-19-22(12-16)30-10-9-29-19/h3-4,11-14H,2,5-10H2,1H3. The number of aryl methyl sites for hydroxylation is 1. The molecule has 1 amide bonds. The number of rotatable bonds is 3. The molecule has 1 saturated heterocycles. The van der Waals surface area contributed by atoms with Gasteiger partial charge in [-0.2, -0.15) is 0 Å². The average Bonchev–Trinajstić information content (AvgIpc) is 2.84. The van der Waals surface area contributed by atoms with E-state index in [4.69, 9.17) is 23.4 Å². The zero-order chi connectivity index (χ0) is 22.1. The molecule has 0 bridgehead atoms. The van der Waals surface area contributed by atoms with E-state index in [0.717, 1.165) is 5.56 Å². The topological polar surface area (TPSA) is 87.4 Å². The van der Waals surface area contributed by atoms with Gasteiger partial charge in [0.25, 0.3) is 0 Å². The van der Waals surface area contributed by atoms with E-state index in [2.05, 4.69) is 0 Å². The van der Waals surface area contributed by atoms with Crippen LogP contribution in [0, 0.1) is 0 Å². The third-order valence-corrected chi connectivity index (χ3v) is 5.66. The molecule has 2 aliphatic rings. The van der Waals surface area contributed by atoms with Gasteiger partial charge in [-0.05, 0) is 35.7 Å². The smallest absolute Gasteiger partial charge is 0.415 e. The lowest BCUT2D eigenvalue weighted by atomic mass is 10.0. The highest BCUT2D eigenvalue weighted by molar-refractivity contribution is 5.85. The molecule has 0 atom stereocenters. The predicted octanol–water partition coefficient (Wildman–Crippen LogP) is 3.62. The molecule has 0 radical (unpaired) electrons. The van der Waals surface area contributed by atoms with E-state index in [1.54, 1.807) is 29.2 Å². The fraction of sp³-hybridized carbons (Fsp3) is 0.333. The third kappa shape index (κ3) is 3.78. The van der Waals surface area contributed by atoms with Gasteiger partial charge in [0.2, 0.25) is 5.43 Å². The second-order valence-corrected chi connectivity index (χ2v) is 7.61. The average molecular weight is 437 g/mol. The summed E-state index contributed by atoms with van der Waals surface area (Å²) in [6, 6.07) is 8.74. The number of morpholine rings is 1. The van der Waals surface area contributed by atoms with Gasteiger partial charge in [0.15, 0.2) is 11.5 Å². The van der Waals surface area contributed by atoms with Crippen LogP contribution in [0.3, 0.4) is 0 Å². The number of hydrogen-bond donors (Lipinski definition) is 0. The van der Waals surface area contributed by atoms with Crippen LogP contribution in [-0.2, 0) is 11.2 Å². The fourth-order valence-electron chi connectivity index (χ4n) is 3.89. The van der Waals surface area contributed by atoms with Crippen molar-refractivity contribution < 1.29 is 28.2 Å². The lowest BCUT2D eigenvalue weighted by Crippen LogP contribution is -2.42. The van der Waals surface area contributed by atoms with E-state index in [1.807, 2.05) is 13.0 Å². The highest BCUT2D eigenvalue weighted by Gasteiger charge is 2.21. The first-order valence-corrected chi connectivity index (χ1v) is 10.7. The number of nitrogens with zero attached hydrogens (tertiary/aromatic N) is 1. The number of fused-ring (bicyclic) bond motifs is 2. The van der Waals surface area contributed by atoms with Gasteiger partial charge in [-0.1, -0.05) is 13.0 Å². The van der Waals surface area contributed by atoms with Gasteiger partial charge in [-0.25, -0.2) is 4.79 Å². The predicted molar refractivity (Wildman–Crippen MR) is 117 cm³/mol. The third-order valence-electron chi connectivity index (χ3n) is 5.66. The minimum absolute atomic E-state index is 0.163. The van der Waals surface area contributed by atoms with Crippen LogP contribution in [0.1, 0.15) is 12.5 Å². The second kappa shape index (κ2) is 8.55. The Morgan fingerprint density at radius 3 is 2.59 bits per heavy atom. The van der Waals surface area contributed by atoms with Crippen molar-refractivity contribution in [2.45, 2.75) is 13.3 Å². The molecular weight excluding hydrogens is 414 g/mol. The Morgan fingerprint density at radius 1 is 1.03 bits per heavy atom. The number of amides is 1. The normalized spacial score (nSPS) is 15.6. The lowest BCUT2D eigenvalue weighted by molar-refractivity contribution is 0.0415. The molecule has 1 aromatic heterocycles. The maximum Gasteiger partial charge on any atom is 0.415 e. The Bertz CT molecular complexity index is 1230. The van der Waals surface area contributed by atoms with Crippen LogP contribution in [0.15, 0.2) is 45.8 Å². The number of carbonyl (C=O) groups is 1. The summed E-state index contributed by atoms with van der Waals surface area (Å²) < 4.78 is 27.9. The maximum atomic E-state index is 13.3. The minimum atomic E-state index is -0.433. The zero-order valence-corrected chi connectivity index (χ0v) is 17.7. The molecular formula is C24H23NO7. The van der Waals surface area contributed by atoms with Crippen LogP contribution in [0.5, 0.6) is 17.2 Å². The van der Waals surface area contributed by atoms with Gasteiger partial charge in [-0.15, -0.1) is 0 Å². The number of benzene rings is 2. The summed E-state index contributed by atoms with van der Waals surface area (Å²) in [6.45, 7) is 4.87. The van der Waals surface area contributed by atoms with Gasteiger partial charge in [0.05, 0.1) is 24.2 Å². The zero-order valence-electron chi connectivity index (χ0n) is 17.7. The van der Waals surface area contributed by atoms with Crippen LogP contribution in [-0.4, -0.2) is 50.5 Å². The van der Waals surface area contributed by atoms with Crippen molar-refractivity contribution in [2.75, 3.05) is 39.5 Å². The molecule has 0 unspecified atom stereocenters. The highest BCUT2D eigenvalue weighted by Crippen LogP contribution is 2.34. The van der Waals surface area contributed by atoms with Crippen molar-refractivity contribution >= 4 is 17.1 Å². The van der Waals surface area contributed by atoms with Crippen molar-refractivity contribution in [3.8, 4) is 28.4 Å². The van der Waals surface area contributed by atoms with Crippen molar-refractivity contribution in [3.05, 3.63) is 52.4 Å². The molecule has 8 nitrogen and oxygen atoms in total. The molecule has 8 heteroatoms. The van der Waals surface area contributed by atoms with Gasteiger partial charge in [-0.3, -0.25) is 4.79 Å². The summed E-state index contributed by atoms with van der Waals surface area (Å²) in [5.41, 5.74) is 2.06. The van der Waals surface area contributed by atoms with E-state index in [9.17, 15) is 9.59 Å². The summed E-state index contributed by atoms with van der Waals surface area (Å²) in [5, 5.41) is 0.431. The molecule has 3 heterocycles. The van der Waals surface area contributed by atoms with Crippen molar-refractivity contribution in [2.24, 2.45) is 0 Å². The number of carbonyl (C=O) groups excluding carboxylic acids is 1. The van der Waals surface area contributed by atoms with Gasteiger partial charge in [0.1, 0.15) is 30.8 Å². The first kappa shape index (κ1) is 20.4. The Balaban J connectivity index is 1.50. The second-order valence-electron chi connectivity index (χ2n) is 7.61. The van der Waals surface area contributed by atoms with Crippen molar-refractivity contribution in [3.63, 3.8) is 0 Å². The largest absolute Gasteiger partial charge is 0.486 e. The van der Waals surface area contributed by atoms with Crippen molar-refractivity contribution in [1.82, 2.24) is 4.90 Å². The SMILES string of the molecule is CCc1cc2c(=O)c(-c3ccc4c(c3)OCCO4)coc2cc1OC(=O)N1CCOCC1. The molecule has 32 heavy (non-hydrogen) atoms. The Hall–Kier alpha value is -3.52. The molecule has 0 saturated carbocycles. The van der Waals surface area contributed by atoms with Crippen LogP contribution in [0.4, 0.5) is 4.79 Å². The van der Waals surface area contributed by atoms with E-state index in [1.165, 1.54) is 6.26 Å². The van der Waals surface area contributed by atoms with E-state index in [-0.39, 0.29) is 5.43 Å². The summed E-state index contributed by atoms with van der Waals surface area (Å²) in [6.07, 6.45) is 1.59. The number of hydrogen-bond acceptors (Lipinski definition) is 7. The lowest BCUT2D eigenvalue weighted by Gasteiger charge is -2.26. The quantitative estimate of drug-likeness (QED) is 0.618. The molecule has 0 spiro atoms. The first-order chi connectivity index (χ1) is 15.6. The molecule has 0 N–H and O–H groups in total. The first-order valence-electron chi connectivity index (χ1n) is 10.7.